The molecule has 0 unspecified atom stereocenters. The molecule has 2 rings (SSSR count). The summed E-state index contributed by atoms with van der Waals surface area (Å²) in [6, 6.07) is 6.05. The first-order chi connectivity index (χ1) is 8.58. The van der Waals surface area contributed by atoms with Gasteiger partial charge in [0.2, 0.25) is 10.0 Å². The zero-order chi connectivity index (χ0) is 13.0. The third kappa shape index (κ3) is 3.25. The number of aromatic amines is 1. The van der Waals surface area contributed by atoms with Crippen molar-refractivity contribution in [2.75, 3.05) is 6.54 Å². The van der Waals surface area contributed by atoms with Crippen LogP contribution in [0.2, 0.25) is 5.02 Å². The molecule has 18 heavy (non-hydrogen) atoms. The van der Waals surface area contributed by atoms with E-state index in [-0.39, 0.29) is 11.4 Å². The summed E-state index contributed by atoms with van der Waals surface area (Å²) in [5.41, 5.74) is 0. The van der Waals surface area contributed by atoms with E-state index in [1.54, 1.807) is 12.1 Å². The molecule has 0 aliphatic heterocycles. The molecule has 0 spiro atoms. The van der Waals surface area contributed by atoms with E-state index < -0.39 is 10.0 Å². The van der Waals surface area contributed by atoms with E-state index in [4.69, 9.17) is 11.6 Å². The molecule has 1 heterocycles. The largest absolute Gasteiger partial charge is 0.240 e. The van der Waals surface area contributed by atoms with Gasteiger partial charge in [-0.2, -0.15) is 5.21 Å². The summed E-state index contributed by atoms with van der Waals surface area (Å²) in [6.45, 7) is 0.189. The molecule has 0 atom stereocenters. The van der Waals surface area contributed by atoms with Gasteiger partial charge >= 0.3 is 0 Å². The van der Waals surface area contributed by atoms with E-state index in [0.29, 0.717) is 17.3 Å². The highest BCUT2D eigenvalue weighted by molar-refractivity contribution is 7.89. The van der Waals surface area contributed by atoms with E-state index in [9.17, 15) is 8.42 Å². The van der Waals surface area contributed by atoms with Crippen LogP contribution in [0.5, 0.6) is 0 Å². The van der Waals surface area contributed by atoms with Gasteiger partial charge in [0.1, 0.15) is 0 Å². The summed E-state index contributed by atoms with van der Waals surface area (Å²) in [6.07, 6.45) is 0.357. The van der Waals surface area contributed by atoms with E-state index in [0.717, 1.165) is 0 Å². The zero-order valence-electron chi connectivity index (χ0n) is 9.17. The number of aromatic nitrogens is 4. The fraction of sp³-hybridized carbons (Fsp3) is 0.222. The summed E-state index contributed by atoms with van der Waals surface area (Å²) in [5.74, 6) is 0.448. The van der Waals surface area contributed by atoms with Crippen LogP contribution in [0.1, 0.15) is 5.82 Å². The Kier molecular flexibility index (Phi) is 3.90. The van der Waals surface area contributed by atoms with Crippen LogP contribution < -0.4 is 4.72 Å². The molecule has 1 aromatic heterocycles. The number of nitrogens with one attached hydrogen (secondary N) is 2. The van der Waals surface area contributed by atoms with Gasteiger partial charge in [-0.05, 0) is 18.2 Å². The summed E-state index contributed by atoms with van der Waals surface area (Å²) in [5, 5.41) is 13.5. The van der Waals surface area contributed by atoms with Gasteiger partial charge in [0.15, 0.2) is 5.82 Å². The van der Waals surface area contributed by atoms with E-state index in [1.807, 2.05) is 0 Å². The molecule has 0 amide bonds. The number of tetrazole rings is 1. The van der Waals surface area contributed by atoms with Crippen molar-refractivity contribution in [3.8, 4) is 0 Å². The molecule has 0 aliphatic rings. The topological polar surface area (TPSA) is 101 Å². The van der Waals surface area contributed by atoms with Crippen molar-refractivity contribution in [1.82, 2.24) is 25.3 Å². The predicted molar refractivity (Wildman–Crippen MR) is 64.5 cm³/mol. The monoisotopic (exact) mass is 287 g/mol. The molecule has 0 fully saturated rings. The number of hydrogen-bond acceptors (Lipinski definition) is 5. The van der Waals surface area contributed by atoms with Gasteiger partial charge in [-0.3, -0.25) is 0 Å². The molecular weight excluding hydrogens is 278 g/mol. The molecule has 0 saturated heterocycles. The lowest BCUT2D eigenvalue weighted by Crippen LogP contribution is -2.26. The van der Waals surface area contributed by atoms with Gasteiger partial charge in [-0.25, -0.2) is 13.1 Å². The standard InChI is InChI=1S/C9H10ClN5O2S/c10-7-2-1-3-8(6-7)18(16,17)11-5-4-9-12-14-15-13-9/h1-3,6,11H,4-5H2,(H,12,13,14,15). The quantitative estimate of drug-likeness (QED) is 0.828. The van der Waals surface area contributed by atoms with Crippen molar-refractivity contribution in [3.05, 3.63) is 35.1 Å². The van der Waals surface area contributed by atoms with Crippen molar-refractivity contribution in [3.63, 3.8) is 0 Å². The highest BCUT2D eigenvalue weighted by Gasteiger charge is 2.13. The zero-order valence-corrected chi connectivity index (χ0v) is 10.7. The second kappa shape index (κ2) is 5.42. The third-order valence-electron chi connectivity index (χ3n) is 2.14. The van der Waals surface area contributed by atoms with Crippen LogP contribution in [-0.4, -0.2) is 35.6 Å². The van der Waals surface area contributed by atoms with Gasteiger partial charge in [-0.1, -0.05) is 22.9 Å². The number of sulfonamides is 1. The molecule has 2 aromatic rings. The number of rotatable bonds is 5. The Morgan fingerprint density at radius 3 is 2.89 bits per heavy atom. The van der Waals surface area contributed by atoms with Crippen LogP contribution in [0.25, 0.3) is 0 Å². The Labute approximate surface area is 109 Å². The maximum Gasteiger partial charge on any atom is 0.240 e. The van der Waals surface area contributed by atoms with Crippen LogP contribution in [0.4, 0.5) is 0 Å². The highest BCUT2D eigenvalue weighted by Crippen LogP contribution is 2.14. The Bertz CT molecular complexity index is 614. The Morgan fingerprint density at radius 1 is 1.39 bits per heavy atom. The Hall–Kier alpha value is -1.51. The summed E-state index contributed by atoms with van der Waals surface area (Å²) in [7, 11) is -3.56. The molecule has 96 valence electrons. The summed E-state index contributed by atoms with van der Waals surface area (Å²) in [4.78, 5) is 0.128. The number of benzene rings is 1. The maximum atomic E-state index is 11.9. The molecule has 0 radical (unpaired) electrons. The van der Waals surface area contributed by atoms with Gasteiger partial charge < -0.3 is 0 Å². The summed E-state index contributed by atoms with van der Waals surface area (Å²) >= 11 is 5.74. The minimum Gasteiger partial charge on any atom is -0.211 e. The fourth-order valence-corrected chi connectivity index (χ4v) is 2.64. The van der Waals surface area contributed by atoms with Gasteiger partial charge in [0.05, 0.1) is 4.90 Å². The first-order valence-corrected chi connectivity index (χ1v) is 6.91. The van der Waals surface area contributed by atoms with Crippen molar-refractivity contribution < 1.29 is 8.42 Å². The van der Waals surface area contributed by atoms with E-state index in [2.05, 4.69) is 25.3 Å². The lowest BCUT2D eigenvalue weighted by atomic mass is 10.4. The minimum absolute atomic E-state index is 0.128. The van der Waals surface area contributed by atoms with E-state index >= 15 is 0 Å². The summed E-state index contributed by atoms with van der Waals surface area (Å²) < 4.78 is 26.2. The number of hydrogen-bond donors (Lipinski definition) is 2. The number of H-pyrrole nitrogens is 1. The second-order valence-corrected chi connectivity index (χ2v) is 5.64. The van der Waals surface area contributed by atoms with Crippen molar-refractivity contribution >= 4 is 21.6 Å². The van der Waals surface area contributed by atoms with Gasteiger partial charge in [0, 0.05) is 18.0 Å². The van der Waals surface area contributed by atoms with E-state index in [1.165, 1.54) is 12.1 Å². The van der Waals surface area contributed by atoms with Crippen molar-refractivity contribution in [2.45, 2.75) is 11.3 Å². The Morgan fingerprint density at radius 2 is 2.22 bits per heavy atom. The van der Waals surface area contributed by atoms with Crippen LogP contribution >= 0.6 is 11.6 Å². The Balaban J connectivity index is 1.99. The minimum atomic E-state index is -3.56. The molecule has 7 nitrogen and oxygen atoms in total. The average molecular weight is 288 g/mol. The van der Waals surface area contributed by atoms with Crippen molar-refractivity contribution in [1.29, 1.82) is 0 Å². The third-order valence-corrected chi connectivity index (χ3v) is 3.83. The maximum absolute atomic E-state index is 11.9. The fourth-order valence-electron chi connectivity index (χ4n) is 1.30. The lowest BCUT2D eigenvalue weighted by molar-refractivity contribution is 0.581. The van der Waals surface area contributed by atoms with Crippen LogP contribution in [-0.2, 0) is 16.4 Å². The van der Waals surface area contributed by atoms with Gasteiger partial charge in [-0.15, -0.1) is 10.2 Å². The smallest absolute Gasteiger partial charge is 0.211 e. The number of nitrogens with zero attached hydrogens (tertiary/aromatic N) is 3. The molecule has 0 saturated carbocycles. The average Bonchev–Trinajstić information content (AvgIpc) is 2.82. The first-order valence-electron chi connectivity index (χ1n) is 5.05. The highest BCUT2D eigenvalue weighted by atomic mass is 35.5. The lowest BCUT2D eigenvalue weighted by Gasteiger charge is -2.05. The molecule has 0 bridgehead atoms. The normalized spacial score (nSPS) is 11.6. The molecule has 9 heteroatoms. The van der Waals surface area contributed by atoms with Crippen LogP contribution in [0, 0.1) is 0 Å². The predicted octanol–water partition coefficient (Wildman–Crippen LogP) is 0.374. The second-order valence-electron chi connectivity index (χ2n) is 3.43. The van der Waals surface area contributed by atoms with Crippen molar-refractivity contribution in [2.24, 2.45) is 0 Å². The number of halogens is 1. The molecular formula is C9H10ClN5O2S. The SMILES string of the molecule is O=S(=O)(NCCc1nn[nH]n1)c1cccc(Cl)c1. The van der Waals surface area contributed by atoms with Gasteiger partial charge in [0.25, 0.3) is 0 Å². The first kappa shape index (κ1) is 12.9. The molecule has 2 N–H and O–H groups in total. The van der Waals surface area contributed by atoms with Crippen LogP contribution in [0.3, 0.4) is 0 Å². The molecule has 1 aromatic carbocycles. The molecule has 0 aliphatic carbocycles. The van der Waals surface area contributed by atoms with Crippen LogP contribution in [0.15, 0.2) is 29.2 Å².